The minimum Gasteiger partial charge on any atom is -0.318 e. The van der Waals surface area contributed by atoms with Crippen molar-refractivity contribution in [2.75, 3.05) is 4.90 Å². The Morgan fingerprint density at radius 2 is 1.77 bits per heavy atom. The highest BCUT2D eigenvalue weighted by molar-refractivity contribution is 6.39. The van der Waals surface area contributed by atoms with Crippen LogP contribution >= 0.6 is 0 Å². The van der Waals surface area contributed by atoms with E-state index in [4.69, 9.17) is 0 Å². The lowest BCUT2D eigenvalue weighted by Crippen LogP contribution is -2.54. The van der Waals surface area contributed by atoms with E-state index in [-0.39, 0.29) is 5.57 Å². The highest BCUT2D eigenvalue weighted by Gasteiger charge is 2.37. The second-order valence-electron chi connectivity index (χ2n) is 7.12. The fourth-order valence-electron chi connectivity index (χ4n) is 3.65. The third-order valence-electron chi connectivity index (χ3n) is 5.13. The number of amides is 4. The predicted molar refractivity (Wildman–Crippen MR) is 113 cm³/mol. The zero-order chi connectivity index (χ0) is 21.4. The molecular formula is C23H20N4O3. The Bertz CT molecular complexity index is 1210. The van der Waals surface area contributed by atoms with Gasteiger partial charge in [-0.25, -0.2) is 9.69 Å². The van der Waals surface area contributed by atoms with Gasteiger partial charge in [0.2, 0.25) is 0 Å². The van der Waals surface area contributed by atoms with Gasteiger partial charge in [-0.3, -0.25) is 19.9 Å². The van der Waals surface area contributed by atoms with Crippen LogP contribution in [0.3, 0.4) is 0 Å². The van der Waals surface area contributed by atoms with Crippen LogP contribution in [0.5, 0.6) is 0 Å². The number of aromatic nitrogens is 2. The molecule has 7 nitrogen and oxygen atoms in total. The zero-order valence-corrected chi connectivity index (χ0v) is 16.8. The number of imide groups is 2. The lowest BCUT2D eigenvalue weighted by Gasteiger charge is -2.26. The number of pyridine rings is 1. The third-order valence-corrected chi connectivity index (χ3v) is 5.13. The second kappa shape index (κ2) is 7.44. The van der Waals surface area contributed by atoms with Crippen molar-refractivity contribution < 1.29 is 14.4 Å². The molecule has 30 heavy (non-hydrogen) atoms. The van der Waals surface area contributed by atoms with Crippen molar-refractivity contribution in [3.8, 4) is 5.69 Å². The van der Waals surface area contributed by atoms with Gasteiger partial charge in [-0.2, -0.15) is 0 Å². The normalized spacial score (nSPS) is 15.6. The van der Waals surface area contributed by atoms with Gasteiger partial charge >= 0.3 is 6.03 Å². The van der Waals surface area contributed by atoms with Gasteiger partial charge in [0.05, 0.1) is 11.9 Å². The summed E-state index contributed by atoms with van der Waals surface area (Å²) in [6.45, 7) is 5.93. The van der Waals surface area contributed by atoms with Gasteiger partial charge in [0.1, 0.15) is 5.57 Å². The average molecular weight is 400 g/mol. The van der Waals surface area contributed by atoms with Gasteiger partial charge in [0.25, 0.3) is 11.8 Å². The number of nitrogens with zero attached hydrogens (tertiary/aromatic N) is 3. The standard InChI is InChI=1S/C23H20N4O3/c1-14-7-4-5-9-20(14)26-15(2)11-17(16(26)3)12-19-21(28)25-23(30)27(22(19)29)18-8-6-10-24-13-18/h4-13H,1-3H3,(H,25,28,30)/b19-12+. The van der Waals surface area contributed by atoms with Crippen molar-refractivity contribution in [1.29, 1.82) is 0 Å². The number of barbiturate groups is 1. The van der Waals surface area contributed by atoms with Gasteiger partial charge < -0.3 is 4.57 Å². The third kappa shape index (κ3) is 3.20. The number of para-hydroxylation sites is 1. The Morgan fingerprint density at radius 1 is 1.00 bits per heavy atom. The van der Waals surface area contributed by atoms with E-state index in [0.29, 0.717) is 5.69 Å². The molecule has 1 aromatic carbocycles. The molecule has 2 aromatic heterocycles. The average Bonchev–Trinajstić information content (AvgIpc) is 2.99. The first-order chi connectivity index (χ1) is 14.4. The van der Waals surface area contributed by atoms with Crippen molar-refractivity contribution in [3.05, 3.63) is 82.9 Å². The van der Waals surface area contributed by atoms with Crippen LogP contribution in [0.1, 0.15) is 22.5 Å². The zero-order valence-electron chi connectivity index (χ0n) is 16.8. The molecule has 1 saturated heterocycles. The van der Waals surface area contributed by atoms with E-state index < -0.39 is 17.8 Å². The highest BCUT2D eigenvalue weighted by Crippen LogP contribution is 2.26. The quantitative estimate of drug-likeness (QED) is 0.539. The van der Waals surface area contributed by atoms with Crippen LogP contribution in [-0.4, -0.2) is 27.4 Å². The summed E-state index contributed by atoms with van der Waals surface area (Å²) in [7, 11) is 0. The Kier molecular flexibility index (Phi) is 4.79. The van der Waals surface area contributed by atoms with Gasteiger partial charge in [-0.15, -0.1) is 0 Å². The van der Waals surface area contributed by atoms with E-state index in [9.17, 15) is 14.4 Å². The summed E-state index contributed by atoms with van der Waals surface area (Å²) >= 11 is 0. The first kappa shape index (κ1) is 19.3. The number of aryl methyl sites for hydroxylation is 2. The predicted octanol–water partition coefficient (Wildman–Crippen LogP) is 3.46. The Balaban J connectivity index is 1.79. The summed E-state index contributed by atoms with van der Waals surface area (Å²) in [4.78, 5) is 42.6. The van der Waals surface area contributed by atoms with Gasteiger partial charge in [-0.1, -0.05) is 18.2 Å². The van der Waals surface area contributed by atoms with Crippen LogP contribution in [0.25, 0.3) is 11.8 Å². The summed E-state index contributed by atoms with van der Waals surface area (Å²) in [5.74, 6) is -1.40. The maximum Gasteiger partial charge on any atom is 0.336 e. The van der Waals surface area contributed by atoms with Crippen LogP contribution in [0.15, 0.2) is 60.4 Å². The molecule has 0 saturated carbocycles. The lowest BCUT2D eigenvalue weighted by atomic mass is 10.1. The first-order valence-electron chi connectivity index (χ1n) is 9.45. The molecule has 0 atom stereocenters. The molecule has 0 unspecified atom stereocenters. The Morgan fingerprint density at radius 3 is 2.47 bits per heavy atom. The van der Waals surface area contributed by atoms with Crippen LogP contribution in [0, 0.1) is 20.8 Å². The highest BCUT2D eigenvalue weighted by atomic mass is 16.2. The number of nitrogens with one attached hydrogen (secondary N) is 1. The Hall–Kier alpha value is -4.00. The molecule has 1 N–H and O–H groups in total. The first-order valence-corrected chi connectivity index (χ1v) is 9.45. The van der Waals surface area contributed by atoms with E-state index in [1.54, 1.807) is 12.1 Å². The topological polar surface area (TPSA) is 84.3 Å². The molecule has 0 aliphatic carbocycles. The molecule has 0 radical (unpaired) electrons. The second-order valence-corrected chi connectivity index (χ2v) is 7.12. The van der Waals surface area contributed by atoms with Crippen molar-refractivity contribution in [3.63, 3.8) is 0 Å². The van der Waals surface area contributed by atoms with Crippen molar-refractivity contribution in [1.82, 2.24) is 14.9 Å². The van der Waals surface area contributed by atoms with Gasteiger partial charge in [-0.05, 0) is 62.2 Å². The molecule has 0 bridgehead atoms. The van der Waals surface area contributed by atoms with Crippen molar-refractivity contribution in [2.24, 2.45) is 0 Å². The van der Waals surface area contributed by atoms with Crippen molar-refractivity contribution >= 4 is 29.6 Å². The van der Waals surface area contributed by atoms with Crippen LogP contribution in [0.4, 0.5) is 10.5 Å². The molecule has 1 aliphatic heterocycles. The lowest BCUT2D eigenvalue weighted by molar-refractivity contribution is -0.122. The monoisotopic (exact) mass is 400 g/mol. The number of carbonyl (C=O) groups is 3. The molecule has 4 rings (SSSR count). The summed E-state index contributed by atoms with van der Waals surface area (Å²) < 4.78 is 2.08. The number of hydrogen-bond acceptors (Lipinski definition) is 4. The molecule has 150 valence electrons. The van der Waals surface area contributed by atoms with Crippen molar-refractivity contribution in [2.45, 2.75) is 20.8 Å². The molecule has 1 fully saturated rings. The summed E-state index contributed by atoms with van der Waals surface area (Å²) in [5.41, 5.74) is 4.92. The molecule has 4 amide bonds. The number of urea groups is 1. The number of carbonyl (C=O) groups excluding carboxylic acids is 3. The Labute approximate surface area is 173 Å². The number of rotatable bonds is 3. The molecular weight excluding hydrogens is 380 g/mol. The minimum atomic E-state index is -0.791. The van der Waals surface area contributed by atoms with Crippen LogP contribution in [0.2, 0.25) is 0 Å². The summed E-state index contributed by atoms with van der Waals surface area (Å²) in [6, 6.07) is 12.3. The van der Waals surface area contributed by atoms with Crippen LogP contribution < -0.4 is 10.2 Å². The number of hydrogen-bond donors (Lipinski definition) is 1. The largest absolute Gasteiger partial charge is 0.336 e. The fourth-order valence-corrected chi connectivity index (χ4v) is 3.65. The van der Waals surface area contributed by atoms with E-state index in [1.807, 2.05) is 51.1 Å². The van der Waals surface area contributed by atoms with E-state index >= 15 is 0 Å². The minimum absolute atomic E-state index is 0.108. The molecule has 1 aliphatic rings. The fraction of sp³-hybridized carbons (Fsp3) is 0.130. The smallest absolute Gasteiger partial charge is 0.318 e. The maximum atomic E-state index is 13.0. The number of anilines is 1. The SMILES string of the molecule is Cc1ccccc1-n1c(C)cc(/C=C2\C(=O)NC(=O)N(c3cccnc3)C2=O)c1C. The van der Waals surface area contributed by atoms with E-state index in [0.717, 1.165) is 33.1 Å². The van der Waals surface area contributed by atoms with Gasteiger partial charge in [0, 0.05) is 23.3 Å². The molecule has 3 aromatic rings. The molecule has 3 heterocycles. The number of benzene rings is 1. The van der Waals surface area contributed by atoms with E-state index in [2.05, 4.69) is 14.9 Å². The van der Waals surface area contributed by atoms with E-state index in [1.165, 1.54) is 18.5 Å². The summed E-state index contributed by atoms with van der Waals surface area (Å²) in [6.07, 6.45) is 4.47. The van der Waals surface area contributed by atoms with Gasteiger partial charge in [0.15, 0.2) is 0 Å². The molecule has 7 heteroatoms. The summed E-state index contributed by atoms with van der Waals surface area (Å²) in [5, 5.41) is 2.23. The maximum absolute atomic E-state index is 13.0. The van der Waals surface area contributed by atoms with Crippen LogP contribution in [-0.2, 0) is 9.59 Å². The molecule has 0 spiro atoms.